The summed E-state index contributed by atoms with van der Waals surface area (Å²) >= 11 is 0. The number of Topliss-reactive ketones (excluding diaryl/α,β-unsaturated/α-hetero) is 1. The second kappa shape index (κ2) is 7.81. The van der Waals surface area contributed by atoms with Crippen molar-refractivity contribution in [3.8, 4) is 11.5 Å². The van der Waals surface area contributed by atoms with Gasteiger partial charge in [-0.3, -0.25) is 9.59 Å². The van der Waals surface area contributed by atoms with Gasteiger partial charge in [0.1, 0.15) is 22.7 Å². The molecule has 0 bridgehead atoms. The number of ketones is 1. The van der Waals surface area contributed by atoms with Gasteiger partial charge in [-0.2, -0.15) is 0 Å². The van der Waals surface area contributed by atoms with Gasteiger partial charge in [0, 0.05) is 7.05 Å². The average Bonchev–Trinajstić information content (AvgIpc) is 2.65. The van der Waals surface area contributed by atoms with Gasteiger partial charge in [0.05, 0.1) is 12.5 Å². The first-order valence-electron chi connectivity index (χ1n) is 9.28. The average molecular weight is 403 g/mol. The molecule has 1 aliphatic rings. The van der Waals surface area contributed by atoms with E-state index in [4.69, 9.17) is 9.47 Å². The maximum absolute atomic E-state index is 13.5. The summed E-state index contributed by atoms with van der Waals surface area (Å²) < 4.78 is 38.1. The van der Waals surface area contributed by atoms with E-state index in [1.165, 1.54) is 11.0 Å². The summed E-state index contributed by atoms with van der Waals surface area (Å²) in [7, 11) is 1.55. The molecule has 0 fully saturated rings. The molecule has 1 amide bonds. The Kier molecular flexibility index (Phi) is 5.59. The van der Waals surface area contributed by atoms with Gasteiger partial charge in [0.2, 0.25) is 0 Å². The summed E-state index contributed by atoms with van der Waals surface area (Å²) in [6.45, 7) is 5.06. The van der Waals surface area contributed by atoms with Gasteiger partial charge >= 0.3 is 0 Å². The largest absolute Gasteiger partial charge is 0.486 e. The molecule has 3 rings (SSSR count). The molecule has 0 aromatic heterocycles. The molecule has 29 heavy (non-hydrogen) atoms. The van der Waals surface area contributed by atoms with Gasteiger partial charge < -0.3 is 14.4 Å². The topological polar surface area (TPSA) is 55.8 Å². The van der Waals surface area contributed by atoms with Crippen molar-refractivity contribution in [1.82, 2.24) is 4.90 Å². The number of carbonyl (C=O) groups excluding carboxylic acids is 2. The minimum atomic E-state index is -0.969. The Morgan fingerprint density at radius 1 is 1.24 bits per heavy atom. The van der Waals surface area contributed by atoms with E-state index in [2.05, 4.69) is 0 Å². The second-order valence-electron chi connectivity index (χ2n) is 7.73. The first-order valence-corrected chi connectivity index (χ1v) is 9.28. The minimum absolute atomic E-state index is 0.109. The Morgan fingerprint density at radius 2 is 1.97 bits per heavy atom. The van der Waals surface area contributed by atoms with Crippen LogP contribution in [0.3, 0.4) is 0 Å². The standard InChI is InChI=1S/C22H23F2NO4/c1-13(14-8-9-15(23)16(24)10-14)25(4)20(27)12-28-18-6-5-7-19-21(18)17(26)11-22(2,3)29-19/h5-10,13H,11-12H2,1-4H3/t13-/m0/s1. The molecule has 5 nitrogen and oxygen atoms in total. The molecule has 154 valence electrons. The highest BCUT2D eigenvalue weighted by Gasteiger charge is 2.34. The summed E-state index contributed by atoms with van der Waals surface area (Å²) in [5.74, 6) is -1.68. The van der Waals surface area contributed by atoms with Crippen LogP contribution in [0.2, 0.25) is 0 Å². The number of amides is 1. The maximum atomic E-state index is 13.5. The van der Waals surface area contributed by atoms with Crippen LogP contribution in [0.1, 0.15) is 49.2 Å². The molecular formula is C22H23F2NO4. The second-order valence-corrected chi connectivity index (χ2v) is 7.73. The Hall–Kier alpha value is -2.96. The van der Waals surface area contributed by atoms with E-state index in [0.717, 1.165) is 12.1 Å². The minimum Gasteiger partial charge on any atom is -0.486 e. The number of rotatable bonds is 5. The van der Waals surface area contributed by atoms with Crippen molar-refractivity contribution >= 4 is 11.7 Å². The third kappa shape index (κ3) is 4.39. The highest BCUT2D eigenvalue weighted by molar-refractivity contribution is 6.02. The number of carbonyl (C=O) groups is 2. The van der Waals surface area contributed by atoms with E-state index in [1.807, 2.05) is 13.8 Å². The van der Waals surface area contributed by atoms with Crippen molar-refractivity contribution in [3.05, 3.63) is 59.2 Å². The van der Waals surface area contributed by atoms with E-state index in [1.54, 1.807) is 32.2 Å². The lowest BCUT2D eigenvalue weighted by atomic mass is 9.92. The Labute approximate surface area is 168 Å². The fraction of sp³-hybridized carbons (Fsp3) is 0.364. The van der Waals surface area contributed by atoms with Crippen molar-refractivity contribution in [3.63, 3.8) is 0 Å². The highest BCUT2D eigenvalue weighted by Crippen LogP contribution is 2.38. The molecule has 1 heterocycles. The van der Waals surface area contributed by atoms with Crippen LogP contribution >= 0.6 is 0 Å². The van der Waals surface area contributed by atoms with Crippen molar-refractivity contribution < 1.29 is 27.8 Å². The summed E-state index contributed by atoms with van der Waals surface area (Å²) in [6.07, 6.45) is 0.210. The number of hydrogen-bond donors (Lipinski definition) is 0. The van der Waals surface area contributed by atoms with Gasteiger partial charge in [-0.05, 0) is 50.6 Å². The molecule has 2 aromatic rings. The molecule has 0 saturated carbocycles. The van der Waals surface area contributed by atoms with Crippen LogP contribution in [-0.4, -0.2) is 35.8 Å². The van der Waals surface area contributed by atoms with Crippen LogP contribution in [0.15, 0.2) is 36.4 Å². The molecular weight excluding hydrogens is 380 g/mol. The summed E-state index contributed by atoms with van der Waals surface area (Å²) in [4.78, 5) is 26.5. The van der Waals surface area contributed by atoms with Crippen LogP contribution in [0, 0.1) is 11.6 Å². The van der Waals surface area contributed by atoms with Crippen molar-refractivity contribution in [2.45, 2.75) is 38.8 Å². The molecule has 1 aliphatic heterocycles. The van der Waals surface area contributed by atoms with Crippen molar-refractivity contribution in [2.24, 2.45) is 0 Å². The van der Waals surface area contributed by atoms with Gasteiger partial charge in [-0.1, -0.05) is 12.1 Å². The zero-order valence-corrected chi connectivity index (χ0v) is 16.8. The SMILES string of the molecule is C[C@@H](c1ccc(F)c(F)c1)N(C)C(=O)COc1cccc2c1C(=O)CC(C)(C)O2. The quantitative estimate of drug-likeness (QED) is 0.747. The molecule has 0 aliphatic carbocycles. The lowest BCUT2D eigenvalue weighted by Gasteiger charge is -2.32. The number of likely N-dealkylation sites (N-methyl/N-ethyl adjacent to an activating group) is 1. The van der Waals surface area contributed by atoms with Crippen LogP contribution in [-0.2, 0) is 4.79 Å². The third-order valence-electron chi connectivity index (χ3n) is 4.99. The molecule has 0 unspecified atom stereocenters. The number of ether oxygens (including phenoxy) is 2. The summed E-state index contributed by atoms with van der Waals surface area (Å²) in [6, 6.07) is 8.04. The van der Waals surface area contributed by atoms with Crippen LogP contribution < -0.4 is 9.47 Å². The van der Waals surface area contributed by atoms with E-state index in [0.29, 0.717) is 16.9 Å². The van der Waals surface area contributed by atoms with E-state index in [9.17, 15) is 18.4 Å². The fourth-order valence-electron chi connectivity index (χ4n) is 3.25. The Balaban J connectivity index is 1.71. The normalized spacial score (nSPS) is 15.9. The predicted octanol–water partition coefficient (Wildman–Crippen LogP) is 4.31. The Morgan fingerprint density at radius 3 is 2.66 bits per heavy atom. The number of halogens is 2. The molecule has 0 radical (unpaired) electrons. The van der Waals surface area contributed by atoms with E-state index in [-0.39, 0.29) is 30.5 Å². The molecule has 0 spiro atoms. The number of benzene rings is 2. The van der Waals surface area contributed by atoms with Crippen molar-refractivity contribution in [1.29, 1.82) is 0 Å². The smallest absolute Gasteiger partial charge is 0.260 e. The highest BCUT2D eigenvalue weighted by atomic mass is 19.2. The third-order valence-corrected chi connectivity index (χ3v) is 4.99. The van der Waals surface area contributed by atoms with Crippen molar-refractivity contribution in [2.75, 3.05) is 13.7 Å². The molecule has 0 N–H and O–H groups in total. The first kappa shape index (κ1) is 20.8. The maximum Gasteiger partial charge on any atom is 0.260 e. The van der Waals surface area contributed by atoms with Gasteiger partial charge in [0.15, 0.2) is 24.0 Å². The summed E-state index contributed by atoms with van der Waals surface area (Å²) in [5, 5.41) is 0. The molecule has 7 heteroatoms. The first-order chi connectivity index (χ1) is 13.6. The Bertz CT molecular complexity index is 958. The van der Waals surface area contributed by atoms with Gasteiger partial charge in [0.25, 0.3) is 5.91 Å². The number of nitrogens with zero attached hydrogens (tertiary/aromatic N) is 1. The lowest BCUT2D eigenvalue weighted by molar-refractivity contribution is -0.134. The monoisotopic (exact) mass is 403 g/mol. The fourth-order valence-corrected chi connectivity index (χ4v) is 3.25. The number of hydrogen-bond acceptors (Lipinski definition) is 4. The van der Waals surface area contributed by atoms with E-state index >= 15 is 0 Å². The zero-order chi connectivity index (χ0) is 21.3. The van der Waals surface area contributed by atoms with Crippen LogP contribution in [0.5, 0.6) is 11.5 Å². The van der Waals surface area contributed by atoms with Crippen LogP contribution in [0.25, 0.3) is 0 Å². The summed E-state index contributed by atoms with van der Waals surface area (Å²) in [5.41, 5.74) is 0.192. The lowest BCUT2D eigenvalue weighted by Crippen LogP contribution is -2.36. The molecule has 0 saturated heterocycles. The zero-order valence-electron chi connectivity index (χ0n) is 16.8. The number of fused-ring (bicyclic) bond motifs is 1. The van der Waals surface area contributed by atoms with Gasteiger partial charge in [-0.15, -0.1) is 0 Å². The van der Waals surface area contributed by atoms with Gasteiger partial charge in [-0.25, -0.2) is 8.78 Å². The van der Waals surface area contributed by atoms with E-state index < -0.39 is 23.3 Å². The predicted molar refractivity (Wildman–Crippen MR) is 103 cm³/mol. The van der Waals surface area contributed by atoms with Crippen LogP contribution in [0.4, 0.5) is 8.78 Å². The molecule has 2 aromatic carbocycles. The molecule has 1 atom stereocenters.